The lowest BCUT2D eigenvalue weighted by Gasteiger charge is -2.37. The molecule has 3 aliphatic heterocycles. The molecule has 0 saturated carbocycles. The van der Waals surface area contributed by atoms with Gasteiger partial charge in [-0.15, -0.1) is 0 Å². The zero-order valence-electron chi connectivity index (χ0n) is 22.3. The molecule has 0 atom stereocenters. The molecule has 2 bridgehead atoms. The van der Waals surface area contributed by atoms with Crippen molar-refractivity contribution >= 4 is 0 Å². The second kappa shape index (κ2) is 18.1. The highest BCUT2D eigenvalue weighted by molar-refractivity contribution is 4.88. The van der Waals surface area contributed by atoms with Crippen LogP contribution in [0.25, 0.3) is 0 Å². The molecular weight excluding hydrogens is 408 g/mol. The van der Waals surface area contributed by atoms with Gasteiger partial charge in [-0.2, -0.15) is 0 Å². The first-order chi connectivity index (χ1) is 16.2. The summed E-state index contributed by atoms with van der Waals surface area (Å²) < 4.78 is 0. The van der Waals surface area contributed by atoms with Gasteiger partial charge in [-0.05, 0) is 6.42 Å². The summed E-state index contributed by atoms with van der Waals surface area (Å²) in [5, 5.41) is 22.6. The highest BCUT2D eigenvalue weighted by Gasteiger charge is 2.30. The van der Waals surface area contributed by atoms with Crippen LogP contribution in [0.15, 0.2) is 0 Å². The SMILES string of the molecule is CCCCCCCCCCCCC12CNCCNCC(C)(CNCCNC1)CNCCNC2. The van der Waals surface area contributed by atoms with Crippen molar-refractivity contribution in [2.24, 2.45) is 10.8 Å². The average Bonchev–Trinajstić information content (AvgIpc) is 2.81. The minimum absolute atomic E-state index is 0.244. The normalized spacial score (nSPS) is 28.9. The number of unbranched alkanes of at least 4 members (excludes halogenated alkanes) is 9. The van der Waals surface area contributed by atoms with E-state index >= 15 is 0 Å². The molecule has 3 rings (SSSR count). The highest BCUT2D eigenvalue weighted by Crippen LogP contribution is 2.24. The van der Waals surface area contributed by atoms with E-state index in [2.05, 4.69) is 45.7 Å². The van der Waals surface area contributed by atoms with Crippen molar-refractivity contribution in [1.29, 1.82) is 0 Å². The third-order valence-electron chi connectivity index (χ3n) is 7.65. The molecule has 0 aromatic heterocycles. The zero-order valence-corrected chi connectivity index (χ0v) is 22.3. The highest BCUT2D eigenvalue weighted by atomic mass is 15.0. The molecule has 0 radical (unpaired) electrons. The van der Waals surface area contributed by atoms with Gasteiger partial charge in [0.1, 0.15) is 0 Å². The molecule has 0 spiro atoms. The molecule has 196 valence electrons. The first kappa shape index (κ1) is 29.0. The molecule has 0 aromatic rings. The van der Waals surface area contributed by atoms with E-state index < -0.39 is 0 Å². The first-order valence-corrected chi connectivity index (χ1v) is 14.4. The third-order valence-corrected chi connectivity index (χ3v) is 7.65. The van der Waals surface area contributed by atoms with Crippen LogP contribution in [0.5, 0.6) is 0 Å². The van der Waals surface area contributed by atoms with Gasteiger partial charge in [0.15, 0.2) is 0 Å². The maximum absolute atomic E-state index is 3.81. The van der Waals surface area contributed by atoms with Crippen molar-refractivity contribution in [3.05, 3.63) is 0 Å². The molecule has 3 aliphatic rings. The van der Waals surface area contributed by atoms with Gasteiger partial charge >= 0.3 is 0 Å². The number of hydrogen-bond donors (Lipinski definition) is 6. The molecule has 3 heterocycles. The van der Waals surface area contributed by atoms with Crippen LogP contribution in [0.1, 0.15) is 84.5 Å². The van der Waals surface area contributed by atoms with Crippen LogP contribution in [0, 0.1) is 10.8 Å². The van der Waals surface area contributed by atoms with Gasteiger partial charge in [0, 0.05) is 89.4 Å². The van der Waals surface area contributed by atoms with E-state index in [1.54, 1.807) is 0 Å². The molecule has 3 fully saturated rings. The summed E-state index contributed by atoms with van der Waals surface area (Å²) in [6, 6.07) is 0. The minimum Gasteiger partial charge on any atom is -0.315 e. The Labute approximate surface area is 206 Å². The molecule has 0 aromatic carbocycles. The van der Waals surface area contributed by atoms with E-state index in [0.717, 1.165) is 78.5 Å². The predicted octanol–water partition coefficient (Wildman–Crippen LogP) is 2.85. The van der Waals surface area contributed by atoms with Crippen LogP contribution >= 0.6 is 0 Å². The van der Waals surface area contributed by atoms with Crippen LogP contribution < -0.4 is 31.9 Å². The Morgan fingerprint density at radius 3 is 1.18 bits per heavy atom. The Hall–Kier alpha value is -0.240. The molecule has 0 amide bonds. The van der Waals surface area contributed by atoms with Crippen molar-refractivity contribution in [2.75, 3.05) is 78.5 Å². The van der Waals surface area contributed by atoms with E-state index in [4.69, 9.17) is 0 Å². The largest absolute Gasteiger partial charge is 0.315 e. The number of nitrogens with one attached hydrogen (secondary N) is 6. The van der Waals surface area contributed by atoms with Crippen molar-refractivity contribution in [3.63, 3.8) is 0 Å². The van der Waals surface area contributed by atoms with Crippen LogP contribution in [0.4, 0.5) is 0 Å². The Bertz CT molecular complexity index is 414. The Morgan fingerprint density at radius 2 is 0.788 bits per heavy atom. The molecule has 0 aliphatic carbocycles. The molecule has 6 nitrogen and oxygen atoms in total. The van der Waals surface area contributed by atoms with E-state index in [0.29, 0.717) is 5.41 Å². The van der Waals surface area contributed by atoms with Gasteiger partial charge in [0.05, 0.1) is 0 Å². The first-order valence-electron chi connectivity index (χ1n) is 14.4. The van der Waals surface area contributed by atoms with Gasteiger partial charge in [-0.3, -0.25) is 0 Å². The fourth-order valence-electron chi connectivity index (χ4n) is 5.39. The average molecular weight is 467 g/mol. The summed E-state index contributed by atoms with van der Waals surface area (Å²) in [5.41, 5.74) is 0.538. The number of fused-ring (bicyclic) bond motifs is 15. The molecule has 33 heavy (non-hydrogen) atoms. The quantitative estimate of drug-likeness (QED) is 0.263. The topological polar surface area (TPSA) is 72.2 Å². The van der Waals surface area contributed by atoms with E-state index in [1.807, 2.05) is 0 Å². The lowest BCUT2D eigenvalue weighted by Crippen LogP contribution is -2.54. The fourth-order valence-corrected chi connectivity index (χ4v) is 5.39. The fraction of sp³-hybridized carbons (Fsp3) is 1.00. The van der Waals surface area contributed by atoms with Crippen LogP contribution in [-0.2, 0) is 0 Å². The summed E-state index contributed by atoms with van der Waals surface area (Å²) >= 11 is 0. The van der Waals surface area contributed by atoms with Crippen molar-refractivity contribution in [1.82, 2.24) is 31.9 Å². The van der Waals surface area contributed by atoms with Crippen LogP contribution in [-0.4, -0.2) is 78.5 Å². The van der Waals surface area contributed by atoms with Gasteiger partial charge in [-0.1, -0.05) is 78.1 Å². The molecule has 6 N–H and O–H groups in total. The van der Waals surface area contributed by atoms with Gasteiger partial charge in [0.25, 0.3) is 0 Å². The summed E-state index contributed by atoms with van der Waals surface area (Å²) in [4.78, 5) is 0. The Morgan fingerprint density at radius 1 is 0.455 bits per heavy atom. The monoisotopic (exact) mass is 466 g/mol. The van der Waals surface area contributed by atoms with Crippen molar-refractivity contribution < 1.29 is 0 Å². The van der Waals surface area contributed by atoms with E-state index in [1.165, 1.54) is 70.6 Å². The molecule has 0 unspecified atom stereocenters. The molecule has 6 heteroatoms. The summed E-state index contributed by atoms with van der Waals surface area (Å²) in [7, 11) is 0. The van der Waals surface area contributed by atoms with Crippen LogP contribution in [0.2, 0.25) is 0 Å². The maximum Gasteiger partial charge on any atom is 0.00772 e. The molecular formula is C27H58N6. The number of hydrogen-bond acceptors (Lipinski definition) is 6. The minimum atomic E-state index is 0.244. The second-order valence-corrected chi connectivity index (χ2v) is 11.3. The van der Waals surface area contributed by atoms with Gasteiger partial charge in [0.2, 0.25) is 0 Å². The van der Waals surface area contributed by atoms with Gasteiger partial charge < -0.3 is 31.9 Å². The Kier molecular flexibility index (Phi) is 15.9. The maximum atomic E-state index is 3.81. The Balaban J connectivity index is 1.82. The van der Waals surface area contributed by atoms with Crippen molar-refractivity contribution in [3.8, 4) is 0 Å². The smallest absolute Gasteiger partial charge is 0.00772 e. The van der Waals surface area contributed by atoms with E-state index in [-0.39, 0.29) is 5.41 Å². The standard InChI is InChI=1S/C27H58N6/c1-3-4-5-6-7-8-9-10-11-12-13-27-23-31-17-14-28-20-26(2,21-29-15-18-32-24-27)22-30-16-19-33-25-27/h28-33H,3-25H2,1-2H3. The zero-order chi connectivity index (χ0) is 23.5. The lowest BCUT2D eigenvalue weighted by atomic mass is 9.81. The summed E-state index contributed by atoms with van der Waals surface area (Å²) in [6.45, 7) is 17.5. The van der Waals surface area contributed by atoms with Gasteiger partial charge in [-0.25, -0.2) is 0 Å². The molecule has 3 saturated heterocycles. The van der Waals surface area contributed by atoms with Crippen molar-refractivity contribution in [2.45, 2.75) is 84.5 Å². The summed E-state index contributed by atoms with van der Waals surface area (Å²) in [6.07, 6.45) is 15.4. The van der Waals surface area contributed by atoms with Crippen LogP contribution in [0.3, 0.4) is 0 Å². The van der Waals surface area contributed by atoms with E-state index in [9.17, 15) is 0 Å². The second-order valence-electron chi connectivity index (χ2n) is 11.3. The summed E-state index contributed by atoms with van der Waals surface area (Å²) in [5.74, 6) is 0. The number of rotatable bonds is 11. The lowest BCUT2D eigenvalue weighted by molar-refractivity contribution is 0.210. The third kappa shape index (κ3) is 13.4. The predicted molar refractivity (Wildman–Crippen MR) is 144 cm³/mol.